The minimum atomic E-state index is -1.15. The Kier molecular flexibility index (Phi) is 7.56. The van der Waals surface area contributed by atoms with Crippen molar-refractivity contribution in [1.82, 2.24) is 0 Å². The van der Waals surface area contributed by atoms with Crippen LogP contribution in [-0.4, -0.2) is 25.2 Å². The van der Waals surface area contributed by atoms with Gasteiger partial charge < -0.3 is 9.47 Å². The average molecular weight is 326 g/mol. The van der Waals surface area contributed by atoms with Crippen LogP contribution in [0.15, 0.2) is 0 Å². The van der Waals surface area contributed by atoms with Gasteiger partial charge in [0.15, 0.2) is 5.41 Å². The van der Waals surface area contributed by atoms with Crippen molar-refractivity contribution in [3.05, 3.63) is 0 Å². The van der Waals surface area contributed by atoms with Crippen molar-refractivity contribution in [1.29, 1.82) is 0 Å². The number of rotatable bonds is 8. The predicted molar refractivity (Wildman–Crippen MR) is 90.8 cm³/mol. The molecule has 1 aliphatic rings. The molecular weight excluding hydrogens is 292 g/mol. The summed E-state index contributed by atoms with van der Waals surface area (Å²) in [5.41, 5.74) is -1.15. The molecule has 0 aliphatic heterocycles. The van der Waals surface area contributed by atoms with Gasteiger partial charge in [0.1, 0.15) is 0 Å². The van der Waals surface area contributed by atoms with E-state index in [1.165, 1.54) is 0 Å². The van der Waals surface area contributed by atoms with Gasteiger partial charge in [0, 0.05) is 0 Å². The quantitative estimate of drug-likeness (QED) is 0.495. The van der Waals surface area contributed by atoms with E-state index in [2.05, 4.69) is 0 Å². The van der Waals surface area contributed by atoms with Crippen LogP contribution < -0.4 is 0 Å². The van der Waals surface area contributed by atoms with Gasteiger partial charge in [0.2, 0.25) is 0 Å². The summed E-state index contributed by atoms with van der Waals surface area (Å²) in [6.45, 7) is 12.5. The first-order chi connectivity index (χ1) is 10.7. The van der Waals surface area contributed by atoms with Gasteiger partial charge >= 0.3 is 11.9 Å². The topological polar surface area (TPSA) is 52.6 Å². The molecule has 0 amide bonds. The molecule has 0 spiro atoms. The number of ether oxygens (including phenoxy) is 2. The van der Waals surface area contributed by atoms with Gasteiger partial charge in [-0.1, -0.05) is 54.4 Å². The Labute approximate surface area is 141 Å². The van der Waals surface area contributed by atoms with Crippen LogP contribution in [0.4, 0.5) is 0 Å². The van der Waals surface area contributed by atoms with E-state index in [0.717, 1.165) is 25.7 Å². The summed E-state index contributed by atoms with van der Waals surface area (Å²) in [6, 6.07) is 0. The van der Waals surface area contributed by atoms with Crippen molar-refractivity contribution in [2.45, 2.75) is 67.2 Å². The Morgan fingerprint density at radius 1 is 0.870 bits per heavy atom. The van der Waals surface area contributed by atoms with Gasteiger partial charge in [-0.05, 0) is 36.5 Å². The molecule has 0 aromatic carbocycles. The van der Waals surface area contributed by atoms with Crippen LogP contribution in [0.3, 0.4) is 0 Å². The van der Waals surface area contributed by atoms with Crippen LogP contribution in [0.2, 0.25) is 0 Å². The summed E-state index contributed by atoms with van der Waals surface area (Å²) >= 11 is 0. The molecule has 0 atom stereocenters. The molecule has 4 heteroatoms. The number of hydrogen-bond donors (Lipinski definition) is 0. The van der Waals surface area contributed by atoms with Crippen LogP contribution >= 0.6 is 0 Å². The summed E-state index contributed by atoms with van der Waals surface area (Å²) in [6.07, 6.45) is 3.92. The molecule has 1 fully saturated rings. The molecule has 134 valence electrons. The maximum absolute atomic E-state index is 13.0. The van der Waals surface area contributed by atoms with Gasteiger partial charge in [0.25, 0.3) is 0 Å². The van der Waals surface area contributed by atoms with Crippen LogP contribution in [0.25, 0.3) is 0 Å². The second-order valence-corrected chi connectivity index (χ2v) is 7.99. The number of hydrogen-bond acceptors (Lipinski definition) is 4. The first kappa shape index (κ1) is 20.0. The predicted octanol–water partition coefficient (Wildman–Crippen LogP) is 4.22. The van der Waals surface area contributed by atoms with Crippen LogP contribution in [0.5, 0.6) is 0 Å². The summed E-state index contributed by atoms with van der Waals surface area (Å²) in [5, 5.41) is 0. The summed E-state index contributed by atoms with van der Waals surface area (Å²) < 4.78 is 11.1. The minimum Gasteiger partial charge on any atom is -0.465 e. The Hall–Kier alpha value is -1.06. The highest BCUT2D eigenvalue weighted by atomic mass is 16.6. The fraction of sp³-hybridized carbons (Fsp3) is 0.895. The Morgan fingerprint density at radius 2 is 1.26 bits per heavy atom. The molecule has 1 aliphatic carbocycles. The monoisotopic (exact) mass is 326 g/mol. The Balaban J connectivity index is 3.08. The van der Waals surface area contributed by atoms with E-state index in [0.29, 0.717) is 13.2 Å². The molecule has 0 aromatic heterocycles. The molecule has 0 aromatic rings. The molecule has 0 N–H and O–H groups in total. The third-order valence-electron chi connectivity index (χ3n) is 4.68. The van der Waals surface area contributed by atoms with Gasteiger partial charge in [-0.25, -0.2) is 0 Å². The smallest absolute Gasteiger partial charge is 0.324 e. The van der Waals surface area contributed by atoms with Gasteiger partial charge in [-0.2, -0.15) is 0 Å². The molecule has 0 radical (unpaired) electrons. The van der Waals surface area contributed by atoms with Gasteiger partial charge in [-0.15, -0.1) is 0 Å². The molecule has 23 heavy (non-hydrogen) atoms. The zero-order chi connectivity index (χ0) is 17.6. The Bertz CT molecular complexity index is 368. The van der Waals surface area contributed by atoms with E-state index >= 15 is 0 Å². The molecule has 0 bridgehead atoms. The highest BCUT2D eigenvalue weighted by Gasteiger charge is 2.57. The SMILES string of the molecule is CC(C)COC(=O)C(C(=O)OCC(C)C)(C(C)C)C1CCCC1. The largest absolute Gasteiger partial charge is 0.465 e. The Morgan fingerprint density at radius 3 is 1.57 bits per heavy atom. The maximum atomic E-state index is 13.0. The highest BCUT2D eigenvalue weighted by Crippen LogP contribution is 2.47. The summed E-state index contributed by atoms with van der Waals surface area (Å²) in [7, 11) is 0. The number of carbonyl (C=O) groups excluding carboxylic acids is 2. The van der Waals surface area contributed by atoms with E-state index in [-0.39, 0.29) is 35.6 Å². The fourth-order valence-corrected chi connectivity index (χ4v) is 3.46. The zero-order valence-electron chi connectivity index (χ0n) is 15.7. The molecule has 1 saturated carbocycles. The number of carbonyl (C=O) groups is 2. The van der Waals surface area contributed by atoms with E-state index in [1.54, 1.807) is 0 Å². The van der Waals surface area contributed by atoms with Crippen molar-refractivity contribution in [2.24, 2.45) is 29.1 Å². The fourth-order valence-electron chi connectivity index (χ4n) is 3.46. The standard InChI is InChI=1S/C19H34O4/c1-13(2)11-22-17(20)19(15(5)6,16-9-7-8-10-16)18(21)23-12-14(3)4/h13-16H,7-12H2,1-6H3. The van der Waals surface area contributed by atoms with Crippen molar-refractivity contribution in [2.75, 3.05) is 13.2 Å². The van der Waals surface area contributed by atoms with Crippen LogP contribution in [0.1, 0.15) is 67.2 Å². The van der Waals surface area contributed by atoms with Gasteiger partial charge in [0.05, 0.1) is 13.2 Å². The lowest BCUT2D eigenvalue weighted by Crippen LogP contribution is -2.51. The van der Waals surface area contributed by atoms with E-state index in [9.17, 15) is 9.59 Å². The summed E-state index contributed by atoms with van der Waals surface area (Å²) in [5.74, 6) is -0.381. The molecular formula is C19H34O4. The van der Waals surface area contributed by atoms with Crippen molar-refractivity contribution >= 4 is 11.9 Å². The van der Waals surface area contributed by atoms with E-state index < -0.39 is 5.41 Å². The van der Waals surface area contributed by atoms with Gasteiger partial charge in [-0.3, -0.25) is 9.59 Å². The van der Waals surface area contributed by atoms with Crippen LogP contribution in [0, 0.1) is 29.1 Å². The first-order valence-corrected chi connectivity index (χ1v) is 9.07. The minimum absolute atomic E-state index is 0.0295. The van der Waals surface area contributed by atoms with Crippen molar-refractivity contribution in [3.63, 3.8) is 0 Å². The zero-order valence-corrected chi connectivity index (χ0v) is 15.7. The maximum Gasteiger partial charge on any atom is 0.324 e. The second-order valence-electron chi connectivity index (χ2n) is 7.99. The lowest BCUT2D eigenvalue weighted by atomic mass is 9.66. The molecule has 4 nitrogen and oxygen atoms in total. The lowest BCUT2D eigenvalue weighted by molar-refractivity contribution is -0.183. The molecule has 0 heterocycles. The number of esters is 2. The highest BCUT2D eigenvalue weighted by molar-refractivity contribution is 6.00. The lowest BCUT2D eigenvalue weighted by Gasteiger charge is -2.38. The summed E-state index contributed by atoms with van der Waals surface area (Å²) in [4.78, 5) is 25.9. The van der Waals surface area contributed by atoms with Crippen molar-refractivity contribution in [3.8, 4) is 0 Å². The third-order valence-corrected chi connectivity index (χ3v) is 4.68. The van der Waals surface area contributed by atoms with E-state index in [1.807, 2.05) is 41.5 Å². The van der Waals surface area contributed by atoms with Crippen LogP contribution in [-0.2, 0) is 19.1 Å². The molecule has 0 saturated heterocycles. The first-order valence-electron chi connectivity index (χ1n) is 9.07. The van der Waals surface area contributed by atoms with E-state index in [4.69, 9.17) is 9.47 Å². The molecule has 1 rings (SSSR count). The van der Waals surface area contributed by atoms with Crippen molar-refractivity contribution < 1.29 is 19.1 Å². The third kappa shape index (κ3) is 4.71. The average Bonchev–Trinajstić information content (AvgIpc) is 2.97. The molecule has 0 unspecified atom stereocenters. The normalized spacial score (nSPS) is 16.4. The second kappa shape index (κ2) is 8.70.